The van der Waals surface area contributed by atoms with Crippen LogP contribution in [-0.2, 0) is 4.79 Å². The van der Waals surface area contributed by atoms with Crippen molar-refractivity contribution in [1.82, 2.24) is 0 Å². The van der Waals surface area contributed by atoms with Gasteiger partial charge in [-0.05, 0) is 73.5 Å². The van der Waals surface area contributed by atoms with Crippen LogP contribution in [0.25, 0.3) is 6.08 Å². The lowest BCUT2D eigenvalue weighted by atomic mass is 10.1. The van der Waals surface area contributed by atoms with E-state index in [1.807, 2.05) is 39.0 Å². The van der Waals surface area contributed by atoms with Crippen LogP contribution in [0.4, 0.5) is 10.5 Å². The predicted molar refractivity (Wildman–Crippen MR) is 109 cm³/mol. The van der Waals surface area contributed by atoms with E-state index in [1.54, 1.807) is 31.4 Å². The molecule has 1 saturated heterocycles. The zero-order chi connectivity index (χ0) is 19.6. The van der Waals surface area contributed by atoms with Crippen LogP contribution >= 0.6 is 11.8 Å². The average Bonchev–Trinajstić information content (AvgIpc) is 2.92. The molecular weight excluding hydrogens is 362 g/mol. The van der Waals surface area contributed by atoms with Crippen molar-refractivity contribution in [2.24, 2.45) is 0 Å². The van der Waals surface area contributed by atoms with Gasteiger partial charge in [-0.3, -0.25) is 9.59 Å². The predicted octanol–water partition coefficient (Wildman–Crippen LogP) is 4.95. The first kappa shape index (κ1) is 19.0. The van der Waals surface area contributed by atoms with Crippen LogP contribution in [0.15, 0.2) is 41.3 Å². The number of amides is 2. The second kappa shape index (κ2) is 7.88. The molecule has 3 rings (SSSR count). The van der Waals surface area contributed by atoms with E-state index in [0.717, 1.165) is 28.5 Å². The maximum atomic E-state index is 12.9. The molecule has 0 bridgehead atoms. The fraction of sp³-hybridized carbons (Fsp3) is 0.238. The van der Waals surface area contributed by atoms with Crippen molar-refractivity contribution < 1.29 is 19.1 Å². The number of carbonyl (C=O) groups is 2. The average molecular weight is 383 g/mol. The van der Waals surface area contributed by atoms with Gasteiger partial charge < -0.3 is 9.47 Å². The molecule has 0 radical (unpaired) electrons. The standard InChI is InChI=1S/C21H21NO4S/c1-5-26-17-10-9-15(11-18(17)25-4)12-19-20(23)22(21(24)27-19)16-8-6-7-13(2)14(16)3/h6-12H,5H2,1-4H3/b19-12-. The van der Waals surface area contributed by atoms with E-state index in [4.69, 9.17) is 9.47 Å². The molecule has 0 spiro atoms. The number of rotatable bonds is 5. The molecule has 0 unspecified atom stereocenters. The molecule has 5 nitrogen and oxygen atoms in total. The number of anilines is 1. The molecule has 0 N–H and O–H groups in total. The summed E-state index contributed by atoms with van der Waals surface area (Å²) < 4.78 is 10.9. The second-order valence-electron chi connectivity index (χ2n) is 6.08. The maximum absolute atomic E-state index is 12.9. The number of ether oxygens (including phenoxy) is 2. The highest BCUT2D eigenvalue weighted by atomic mass is 32.2. The largest absolute Gasteiger partial charge is 0.493 e. The third kappa shape index (κ3) is 3.71. The first-order valence-electron chi connectivity index (χ1n) is 8.61. The number of thioether (sulfide) groups is 1. The van der Waals surface area contributed by atoms with Crippen molar-refractivity contribution in [1.29, 1.82) is 0 Å². The number of methoxy groups -OCH3 is 1. The minimum atomic E-state index is -0.313. The third-order valence-corrected chi connectivity index (χ3v) is 5.27. The van der Waals surface area contributed by atoms with E-state index in [1.165, 1.54) is 4.90 Å². The first-order valence-corrected chi connectivity index (χ1v) is 9.43. The van der Waals surface area contributed by atoms with E-state index >= 15 is 0 Å². The lowest BCUT2D eigenvalue weighted by Crippen LogP contribution is -2.28. The van der Waals surface area contributed by atoms with Crippen molar-refractivity contribution >= 4 is 34.7 Å². The summed E-state index contributed by atoms with van der Waals surface area (Å²) in [5, 5.41) is -0.294. The summed E-state index contributed by atoms with van der Waals surface area (Å²) in [5.41, 5.74) is 3.35. The smallest absolute Gasteiger partial charge is 0.298 e. The Balaban J connectivity index is 1.94. The van der Waals surface area contributed by atoms with E-state index in [0.29, 0.717) is 28.7 Å². The molecule has 2 aromatic carbocycles. The van der Waals surface area contributed by atoms with E-state index in [-0.39, 0.29) is 11.1 Å². The summed E-state index contributed by atoms with van der Waals surface area (Å²) in [7, 11) is 1.57. The van der Waals surface area contributed by atoms with Crippen LogP contribution in [0.1, 0.15) is 23.6 Å². The van der Waals surface area contributed by atoms with E-state index in [9.17, 15) is 9.59 Å². The lowest BCUT2D eigenvalue weighted by molar-refractivity contribution is -0.113. The number of hydrogen-bond acceptors (Lipinski definition) is 5. The Morgan fingerprint density at radius 2 is 1.89 bits per heavy atom. The Bertz CT molecular complexity index is 936. The number of carbonyl (C=O) groups excluding carboxylic acids is 2. The van der Waals surface area contributed by atoms with Crippen LogP contribution in [0.5, 0.6) is 11.5 Å². The highest BCUT2D eigenvalue weighted by molar-refractivity contribution is 8.19. The van der Waals surface area contributed by atoms with Gasteiger partial charge in [0.25, 0.3) is 11.1 Å². The van der Waals surface area contributed by atoms with Gasteiger partial charge in [0.2, 0.25) is 0 Å². The maximum Gasteiger partial charge on any atom is 0.298 e. The van der Waals surface area contributed by atoms with Gasteiger partial charge in [0.15, 0.2) is 11.5 Å². The van der Waals surface area contributed by atoms with Crippen LogP contribution < -0.4 is 14.4 Å². The summed E-state index contributed by atoms with van der Waals surface area (Å²) in [6.07, 6.45) is 1.70. The zero-order valence-electron chi connectivity index (χ0n) is 15.7. The molecule has 0 aliphatic carbocycles. The molecule has 0 aromatic heterocycles. The Kier molecular flexibility index (Phi) is 5.56. The fourth-order valence-electron chi connectivity index (χ4n) is 2.85. The van der Waals surface area contributed by atoms with Gasteiger partial charge in [-0.25, -0.2) is 4.90 Å². The Labute approximate surface area is 163 Å². The second-order valence-corrected chi connectivity index (χ2v) is 7.07. The molecule has 0 saturated carbocycles. The minimum absolute atomic E-state index is 0.294. The number of nitrogens with zero attached hydrogens (tertiary/aromatic N) is 1. The lowest BCUT2D eigenvalue weighted by Gasteiger charge is -2.16. The highest BCUT2D eigenvalue weighted by Crippen LogP contribution is 2.38. The van der Waals surface area contributed by atoms with Gasteiger partial charge in [-0.15, -0.1) is 0 Å². The van der Waals surface area contributed by atoms with Crippen LogP contribution in [0.2, 0.25) is 0 Å². The van der Waals surface area contributed by atoms with Gasteiger partial charge in [-0.1, -0.05) is 18.2 Å². The number of hydrogen-bond donors (Lipinski definition) is 0. The van der Waals surface area contributed by atoms with E-state index < -0.39 is 0 Å². The van der Waals surface area contributed by atoms with Gasteiger partial charge in [0, 0.05) is 0 Å². The van der Waals surface area contributed by atoms with Crippen molar-refractivity contribution in [2.45, 2.75) is 20.8 Å². The zero-order valence-corrected chi connectivity index (χ0v) is 16.6. The summed E-state index contributed by atoms with van der Waals surface area (Å²) in [6, 6.07) is 11.0. The first-order chi connectivity index (χ1) is 13.0. The van der Waals surface area contributed by atoms with Crippen LogP contribution in [-0.4, -0.2) is 24.9 Å². The summed E-state index contributed by atoms with van der Waals surface area (Å²) in [6.45, 7) is 6.30. The molecule has 2 aromatic rings. The summed E-state index contributed by atoms with van der Waals surface area (Å²) in [5.74, 6) is 0.909. The topological polar surface area (TPSA) is 55.8 Å². The molecule has 1 aliphatic rings. The quantitative estimate of drug-likeness (QED) is 0.684. The van der Waals surface area contributed by atoms with Crippen LogP contribution in [0, 0.1) is 13.8 Å². The molecule has 2 amide bonds. The Morgan fingerprint density at radius 1 is 1.11 bits per heavy atom. The van der Waals surface area contributed by atoms with Crippen molar-refractivity contribution in [3.8, 4) is 11.5 Å². The minimum Gasteiger partial charge on any atom is -0.493 e. The number of benzene rings is 2. The monoisotopic (exact) mass is 383 g/mol. The van der Waals surface area contributed by atoms with Crippen LogP contribution in [0.3, 0.4) is 0 Å². The molecule has 27 heavy (non-hydrogen) atoms. The highest BCUT2D eigenvalue weighted by Gasteiger charge is 2.37. The molecule has 6 heteroatoms. The Morgan fingerprint density at radius 3 is 2.59 bits per heavy atom. The van der Waals surface area contributed by atoms with Gasteiger partial charge >= 0.3 is 0 Å². The van der Waals surface area contributed by atoms with Crippen molar-refractivity contribution in [2.75, 3.05) is 18.6 Å². The summed E-state index contributed by atoms with van der Waals surface area (Å²) in [4.78, 5) is 27.0. The molecular formula is C21H21NO4S. The molecule has 1 fully saturated rings. The SMILES string of the molecule is CCOc1ccc(/C=C2\SC(=O)N(c3cccc(C)c3C)C2=O)cc1OC. The molecule has 140 valence electrons. The van der Waals surface area contributed by atoms with Gasteiger partial charge in [-0.2, -0.15) is 0 Å². The Hall–Kier alpha value is -2.73. The third-order valence-electron chi connectivity index (χ3n) is 4.40. The number of aryl methyl sites for hydroxylation is 1. The molecule has 1 aliphatic heterocycles. The normalized spacial score (nSPS) is 15.6. The van der Waals surface area contributed by atoms with Gasteiger partial charge in [0.1, 0.15) is 0 Å². The molecule has 0 atom stereocenters. The fourth-order valence-corrected chi connectivity index (χ4v) is 3.69. The number of imide groups is 1. The van der Waals surface area contributed by atoms with Gasteiger partial charge in [0.05, 0.1) is 24.3 Å². The van der Waals surface area contributed by atoms with Crippen molar-refractivity contribution in [3.63, 3.8) is 0 Å². The molecule has 1 heterocycles. The summed E-state index contributed by atoms with van der Waals surface area (Å²) >= 11 is 0.940. The van der Waals surface area contributed by atoms with Crippen molar-refractivity contribution in [3.05, 3.63) is 58.0 Å². The van der Waals surface area contributed by atoms with E-state index in [2.05, 4.69) is 0 Å².